The van der Waals surface area contributed by atoms with Crippen LogP contribution in [0.15, 0.2) is 67.0 Å². The molecule has 168 valence electrons. The number of piperidine rings is 1. The molecule has 0 unspecified atom stereocenters. The maximum Gasteiger partial charge on any atom is 0.416 e. The first-order valence-electron chi connectivity index (χ1n) is 10.7. The summed E-state index contributed by atoms with van der Waals surface area (Å²) in [6, 6.07) is 15.7. The topological polar surface area (TPSA) is 38.2 Å². The molecule has 0 atom stereocenters. The van der Waals surface area contributed by atoms with Crippen molar-refractivity contribution in [1.29, 1.82) is 0 Å². The van der Waals surface area contributed by atoms with Gasteiger partial charge in [-0.1, -0.05) is 30.3 Å². The summed E-state index contributed by atoms with van der Waals surface area (Å²) < 4.78 is 46.6. The van der Waals surface area contributed by atoms with E-state index in [0.717, 1.165) is 38.1 Å². The molecule has 4 nitrogen and oxygen atoms in total. The minimum Gasteiger partial charge on any atom is -0.374 e. The number of hydrogen-bond acceptors (Lipinski definition) is 4. The Labute approximate surface area is 186 Å². The second-order valence-electron chi connectivity index (χ2n) is 8.41. The van der Waals surface area contributed by atoms with Crippen molar-refractivity contribution in [2.45, 2.75) is 31.0 Å². The van der Waals surface area contributed by atoms with Crippen LogP contribution >= 0.6 is 0 Å². The third-order valence-electron chi connectivity index (χ3n) is 6.14. The third kappa shape index (κ3) is 5.16. The minimum absolute atomic E-state index is 0.0203. The summed E-state index contributed by atoms with van der Waals surface area (Å²) in [7, 11) is 2.10. The lowest BCUT2D eigenvalue weighted by atomic mass is 9.73. The molecule has 0 saturated carbocycles. The van der Waals surface area contributed by atoms with Gasteiger partial charge in [-0.25, -0.2) is 0 Å². The average molecular weight is 441 g/mol. The monoisotopic (exact) mass is 441 g/mol. The number of likely N-dealkylation sites (tertiary alicyclic amines) is 1. The fourth-order valence-electron chi connectivity index (χ4n) is 4.20. The Kier molecular flexibility index (Phi) is 6.58. The summed E-state index contributed by atoms with van der Waals surface area (Å²) in [6.07, 6.45) is 0.491. The molecule has 3 heterocycles. The molecule has 4 rings (SSSR count). The van der Waals surface area contributed by atoms with Gasteiger partial charge in [-0.3, -0.25) is 9.97 Å². The van der Waals surface area contributed by atoms with Crippen molar-refractivity contribution >= 4 is 0 Å². The van der Waals surface area contributed by atoms with Gasteiger partial charge in [0.1, 0.15) is 0 Å². The number of aromatic nitrogens is 2. The first-order valence-corrected chi connectivity index (χ1v) is 10.7. The number of ether oxygens (including phenoxy) is 1. The minimum atomic E-state index is -4.46. The van der Waals surface area contributed by atoms with Gasteiger partial charge in [-0.15, -0.1) is 0 Å². The van der Waals surface area contributed by atoms with Crippen molar-refractivity contribution in [3.63, 3.8) is 0 Å². The van der Waals surface area contributed by atoms with E-state index in [9.17, 15) is 13.2 Å². The van der Waals surface area contributed by atoms with Crippen LogP contribution in [0.5, 0.6) is 0 Å². The van der Waals surface area contributed by atoms with Crippen LogP contribution in [-0.2, 0) is 22.9 Å². The lowest BCUT2D eigenvalue weighted by Crippen LogP contribution is -2.43. The average Bonchev–Trinajstić information content (AvgIpc) is 2.81. The number of pyridine rings is 2. The van der Waals surface area contributed by atoms with Gasteiger partial charge in [-0.05, 0) is 62.8 Å². The smallest absolute Gasteiger partial charge is 0.374 e. The normalized spacial score (nSPS) is 16.8. The zero-order valence-electron chi connectivity index (χ0n) is 18.0. The Morgan fingerprint density at radius 3 is 2.34 bits per heavy atom. The molecule has 1 saturated heterocycles. The van der Waals surface area contributed by atoms with Crippen LogP contribution in [0.1, 0.15) is 29.7 Å². The van der Waals surface area contributed by atoms with Crippen LogP contribution in [0.25, 0.3) is 11.3 Å². The zero-order chi connectivity index (χ0) is 22.6. The number of hydrogen-bond donors (Lipinski definition) is 0. The van der Waals surface area contributed by atoms with E-state index in [1.165, 1.54) is 18.0 Å². The highest BCUT2D eigenvalue weighted by molar-refractivity contribution is 5.59. The Bertz CT molecular complexity index is 1020. The number of halogens is 3. The van der Waals surface area contributed by atoms with E-state index in [2.05, 4.69) is 34.0 Å². The molecule has 0 bridgehead atoms. The molecular formula is C25H26F3N3O. The number of nitrogens with zero attached hydrogens (tertiary/aromatic N) is 3. The first kappa shape index (κ1) is 22.4. The molecule has 1 aromatic carbocycles. The summed E-state index contributed by atoms with van der Waals surface area (Å²) in [6.45, 7) is 2.36. The Hall–Kier alpha value is -2.77. The van der Waals surface area contributed by atoms with Crippen LogP contribution in [-0.4, -0.2) is 41.6 Å². The summed E-state index contributed by atoms with van der Waals surface area (Å²) in [5.41, 5.74) is 1.45. The first-order chi connectivity index (χ1) is 15.4. The van der Waals surface area contributed by atoms with E-state index >= 15 is 0 Å². The third-order valence-corrected chi connectivity index (χ3v) is 6.14. The van der Waals surface area contributed by atoms with Gasteiger partial charge in [0.25, 0.3) is 0 Å². The van der Waals surface area contributed by atoms with Crippen LogP contribution in [0.4, 0.5) is 13.2 Å². The molecule has 0 aliphatic carbocycles. The molecule has 0 N–H and O–H groups in total. The fraction of sp³-hybridized carbons (Fsp3) is 0.360. The van der Waals surface area contributed by atoms with Crippen molar-refractivity contribution < 1.29 is 17.9 Å². The maximum absolute atomic E-state index is 13.5. The van der Waals surface area contributed by atoms with E-state index in [1.807, 2.05) is 18.2 Å². The Morgan fingerprint density at radius 2 is 1.69 bits per heavy atom. The van der Waals surface area contributed by atoms with Crippen molar-refractivity contribution in [3.05, 3.63) is 83.8 Å². The largest absolute Gasteiger partial charge is 0.416 e. The highest BCUT2D eigenvalue weighted by atomic mass is 19.4. The van der Waals surface area contributed by atoms with Crippen LogP contribution < -0.4 is 0 Å². The molecular weight excluding hydrogens is 415 g/mol. The lowest BCUT2D eigenvalue weighted by Gasteiger charge is -2.41. The molecule has 1 aliphatic rings. The molecule has 0 radical (unpaired) electrons. The Morgan fingerprint density at radius 1 is 1.00 bits per heavy atom. The van der Waals surface area contributed by atoms with Gasteiger partial charge in [0.05, 0.1) is 30.2 Å². The van der Waals surface area contributed by atoms with E-state index in [1.54, 1.807) is 12.1 Å². The van der Waals surface area contributed by atoms with E-state index < -0.39 is 11.7 Å². The fourth-order valence-corrected chi connectivity index (χ4v) is 4.20. The lowest BCUT2D eigenvalue weighted by molar-refractivity contribution is -0.137. The van der Waals surface area contributed by atoms with Crippen molar-refractivity contribution in [3.8, 4) is 11.3 Å². The van der Waals surface area contributed by atoms with Gasteiger partial charge in [0, 0.05) is 23.4 Å². The van der Waals surface area contributed by atoms with E-state index in [4.69, 9.17) is 4.74 Å². The van der Waals surface area contributed by atoms with Gasteiger partial charge in [0.15, 0.2) is 0 Å². The molecule has 0 spiro atoms. The summed E-state index contributed by atoms with van der Waals surface area (Å²) >= 11 is 0. The number of alkyl halides is 3. The maximum atomic E-state index is 13.5. The predicted molar refractivity (Wildman–Crippen MR) is 117 cm³/mol. The second-order valence-corrected chi connectivity index (χ2v) is 8.41. The number of rotatable bonds is 6. The van der Waals surface area contributed by atoms with Crippen LogP contribution in [0.3, 0.4) is 0 Å². The second kappa shape index (κ2) is 9.38. The molecule has 1 fully saturated rings. The van der Waals surface area contributed by atoms with Crippen LogP contribution in [0, 0.1) is 0 Å². The van der Waals surface area contributed by atoms with Gasteiger partial charge in [0.2, 0.25) is 0 Å². The highest BCUT2D eigenvalue weighted by Crippen LogP contribution is 2.36. The van der Waals surface area contributed by atoms with Gasteiger partial charge in [-0.2, -0.15) is 13.2 Å². The SMILES string of the molecule is CN1CCC(COCc2cc(C(F)(F)F)cc(-c3ccncc3)n2)(c2ccccc2)CC1. The zero-order valence-corrected chi connectivity index (χ0v) is 18.0. The molecule has 1 aliphatic heterocycles. The number of benzene rings is 1. The highest BCUT2D eigenvalue weighted by Gasteiger charge is 2.36. The molecule has 2 aromatic heterocycles. The Balaban J connectivity index is 1.56. The molecule has 0 amide bonds. The molecule has 32 heavy (non-hydrogen) atoms. The predicted octanol–water partition coefficient (Wildman–Crippen LogP) is 5.34. The summed E-state index contributed by atoms with van der Waals surface area (Å²) in [4.78, 5) is 10.7. The molecule has 7 heteroatoms. The summed E-state index contributed by atoms with van der Waals surface area (Å²) in [5.74, 6) is 0. The summed E-state index contributed by atoms with van der Waals surface area (Å²) in [5, 5.41) is 0. The van der Waals surface area contributed by atoms with Crippen molar-refractivity contribution in [2.24, 2.45) is 0 Å². The molecule has 3 aromatic rings. The standard InChI is InChI=1S/C25H26F3N3O/c1-31-13-9-24(10-14-31,20-5-3-2-4-6-20)18-32-17-22-15-21(25(26,27)28)16-23(30-22)19-7-11-29-12-8-19/h2-8,11-12,15-16H,9-10,13-14,17-18H2,1H3. The quantitative estimate of drug-likeness (QED) is 0.517. The van der Waals surface area contributed by atoms with Crippen molar-refractivity contribution in [1.82, 2.24) is 14.9 Å². The van der Waals surface area contributed by atoms with Crippen LogP contribution in [0.2, 0.25) is 0 Å². The van der Waals surface area contributed by atoms with E-state index in [0.29, 0.717) is 12.2 Å². The van der Waals surface area contributed by atoms with Gasteiger partial charge >= 0.3 is 6.18 Å². The van der Waals surface area contributed by atoms with Crippen molar-refractivity contribution in [2.75, 3.05) is 26.7 Å². The van der Waals surface area contributed by atoms with E-state index in [-0.39, 0.29) is 23.4 Å². The van der Waals surface area contributed by atoms with Gasteiger partial charge < -0.3 is 9.64 Å².